The number of allylic oxidation sites excluding steroid dienone is 10. The van der Waals surface area contributed by atoms with E-state index in [0.29, 0.717) is 19.3 Å². The zero-order valence-electron chi connectivity index (χ0n) is 43.0. The number of hydrogen-bond acceptors (Lipinski definition) is 6. The van der Waals surface area contributed by atoms with Crippen molar-refractivity contribution in [1.82, 2.24) is 0 Å². The van der Waals surface area contributed by atoms with Gasteiger partial charge in [-0.25, -0.2) is 0 Å². The van der Waals surface area contributed by atoms with E-state index in [4.69, 9.17) is 14.2 Å². The lowest BCUT2D eigenvalue weighted by Crippen LogP contribution is -2.30. The van der Waals surface area contributed by atoms with Crippen molar-refractivity contribution in [3.05, 3.63) is 60.8 Å². The molecule has 6 nitrogen and oxygen atoms in total. The monoisotopic (exact) mass is 909 g/mol. The first kappa shape index (κ1) is 62.1. The number of ether oxygens (including phenoxy) is 3. The Morgan fingerprint density at radius 1 is 0.308 bits per heavy atom. The summed E-state index contributed by atoms with van der Waals surface area (Å²) in [4.78, 5) is 38.1. The summed E-state index contributed by atoms with van der Waals surface area (Å²) in [6, 6.07) is 0. The van der Waals surface area contributed by atoms with Crippen LogP contribution in [0.25, 0.3) is 0 Å². The van der Waals surface area contributed by atoms with Gasteiger partial charge in [-0.15, -0.1) is 0 Å². The van der Waals surface area contributed by atoms with Gasteiger partial charge in [0.15, 0.2) is 6.10 Å². The quantitative estimate of drug-likeness (QED) is 0.0262. The van der Waals surface area contributed by atoms with Gasteiger partial charge in [0.25, 0.3) is 0 Å². The van der Waals surface area contributed by atoms with Gasteiger partial charge in [0.2, 0.25) is 0 Å². The largest absolute Gasteiger partial charge is 0.462 e. The van der Waals surface area contributed by atoms with Crippen molar-refractivity contribution in [1.29, 1.82) is 0 Å². The van der Waals surface area contributed by atoms with Crippen LogP contribution in [-0.4, -0.2) is 37.2 Å². The van der Waals surface area contributed by atoms with E-state index in [1.165, 1.54) is 167 Å². The molecule has 0 N–H and O–H groups in total. The molecule has 0 aliphatic heterocycles. The summed E-state index contributed by atoms with van der Waals surface area (Å²) in [5, 5.41) is 0. The third-order valence-electron chi connectivity index (χ3n) is 12.0. The van der Waals surface area contributed by atoms with Gasteiger partial charge in [0.05, 0.1) is 0 Å². The van der Waals surface area contributed by atoms with E-state index in [9.17, 15) is 14.4 Å². The van der Waals surface area contributed by atoms with E-state index in [-0.39, 0.29) is 37.5 Å². The maximum Gasteiger partial charge on any atom is 0.306 e. The highest BCUT2D eigenvalue weighted by molar-refractivity contribution is 5.71. The van der Waals surface area contributed by atoms with Crippen LogP contribution >= 0.6 is 0 Å². The lowest BCUT2D eigenvalue weighted by molar-refractivity contribution is -0.167. The first-order chi connectivity index (χ1) is 32.0. The zero-order valence-corrected chi connectivity index (χ0v) is 43.0. The summed E-state index contributed by atoms with van der Waals surface area (Å²) in [5.41, 5.74) is 0. The minimum atomic E-state index is -0.796. The molecule has 0 heterocycles. The predicted molar refractivity (Wildman–Crippen MR) is 279 cm³/mol. The fourth-order valence-electron chi connectivity index (χ4n) is 7.78. The zero-order chi connectivity index (χ0) is 47.2. The van der Waals surface area contributed by atoms with Crippen molar-refractivity contribution in [2.75, 3.05) is 13.2 Å². The molecule has 0 aliphatic rings. The summed E-state index contributed by atoms with van der Waals surface area (Å²) in [5.74, 6) is -0.944. The number of carbonyl (C=O) groups excluding carboxylic acids is 3. The minimum absolute atomic E-state index is 0.0904. The highest BCUT2D eigenvalue weighted by atomic mass is 16.6. The molecule has 376 valence electrons. The highest BCUT2D eigenvalue weighted by Gasteiger charge is 2.19. The molecule has 65 heavy (non-hydrogen) atoms. The van der Waals surface area contributed by atoms with E-state index in [1.54, 1.807) is 0 Å². The molecule has 0 rings (SSSR count). The average molecular weight is 909 g/mol. The Bertz CT molecular complexity index is 1180. The van der Waals surface area contributed by atoms with Gasteiger partial charge in [-0.3, -0.25) is 14.4 Å². The second-order valence-corrected chi connectivity index (χ2v) is 18.5. The molecule has 0 saturated heterocycles. The fourth-order valence-corrected chi connectivity index (χ4v) is 7.78. The number of hydrogen-bond donors (Lipinski definition) is 0. The molecule has 1 atom stereocenters. The van der Waals surface area contributed by atoms with Gasteiger partial charge in [0, 0.05) is 19.3 Å². The molecule has 0 saturated carbocycles. The first-order valence-electron chi connectivity index (χ1n) is 27.8. The molecular weight excluding hydrogens is 805 g/mol. The van der Waals surface area contributed by atoms with Gasteiger partial charge < -0.3 is 14.2 Å². The third-order valence-corrected chi connectivity index (χ3v) is 12.0. The lowest BCUT2D eigenvalue weighted by atomic mass is 10.0. The summed E-state index contributed by atoms with van der Waals surface area (Å²) in [6.07, 6.45) is 66.3. The van der Waals surface area contributed by atoms with Crippen molar-refractivity contribution in [2.45, 2.75) is 284 Å². The van der Waals surface area contributed by atoms with Gasteiger partial charge in [-0.2, -0.15) is 0 Å². The maximum atomic E-state index is 12.8. The number of carbonyl (C=O) groups is 3. The van der Waals surface area contributed by atoms with Crippen molar-refractivity contribution in [3.63, 3.8) is 0 Å². The Hall–Kier alpha value is -2.89. The molecular formula is C59H104O6. The smallest absolute Gasteiger partial charge is 0.306 e. The van der Waals surface area contributed by atoms with Crippen molar-refractivity contribution in [2.24, 2.45) is 0 Å². The summed E-state index contributed by atoms with van der Waals surface area (Å²) < 4.78 is 16.8. The van der Waals surface area contributed by atoms with Gasteiger partial charge >= 0.3 is 17.9 Å². The Morgan fingerprint density at radius 2 is 0.569 bits per heavy atom. The maximum absolute atomic E-state index is 12.8. The van der Waals surface area contributed by atoms with Crippen molar-refractivity contribution >= 4 is 17.9 Å². The summed E-state index contributed by atoms with van der Waals surface area (Å²) in [6.45, 7) is 6.57. The first-order valence-corrected chi connectivity index (χ1v) is 27.8. The Morgan fingerprint density at radius 3 is 0.985 bits per heavy atom. The standard InChI is InChI=1S/C59H104O6/c1-4-7-10-13-16-19-22-25-28-29-32-34-37-40-43-46-49-52-58(61)64-55-56(65-59(62)53-50-47-44-41-38-35-31-27-24-21-18-15-12-9-6-3)54-63-57(60)51-48-45-42-39-36-33-30-26-23-20-17-14-11-8-5-2/h16,19,21,24-25,28,32,34,40,43,56H,4-15,17-18,20,22-23,26-27,29-31,33,35-39,41-42,44-55H2,1-3H3/b19-16+,24-21+,28-25+,34-32+,43-40+/t56-/m1/s1. The molecule has 0 aromatic heterocycles. The molecule has 0 radical (unpaired) electrons. The van der Waals surface area contributed by atoms with Crippen LogP contribution in [0, 0.1) is 0 Å². The second kappa shape index (κ2) is 53.7. The number of rotatable bonds is 50. The van der Waals surface area contributed by atoms with Crippen LogP contribution in [0.1, 0.15) is 278 Å². The third kappa shape index (κ3) is 51.9. The molecule has 0 bridgehead atoms. The molecule has 0 amide bonds. The normalized spacial score (nSPS) is 12.5. The van der Waals surface area contributed by atoms with Crippen LogP contribution in [-0.2, 0) is 28.6 Å². The topological polar surface area (TPSA) is 78.9 Å². The molecule has 0 aromatic carbocycles. The number of unbranched alkanes of at least 4 members (excludes halogenated alkanes) is 29. The minimum Gasteiger partial charge on any atom is -0.462 e. The van der Waals surface area contributed by atoms with E-state index in [1.807, 2.05) is 0 Å². The van der Waals surface area contributed by atoms with Crippen LogP contribution in [0.15, 0.2) is 60.8 Å². The summed E-state index contributed by atoms with van der Waals surface area (Å²) >= 11 is 0. The Kier molecular flexibility index (Phi) is 51.3. The molecule has 0 aliphatic carbocycles. The predicted octanol–water partition coefficient (Wildman–Crippen LogP) is 18.4. The molecule has 0 aromatic rings. The highest BCUT2D eigenvalue weighted by Crippen LogP contribution is 2.15. The molecule has 6 heteroatoms. The van der Waals surface area contributed by atoms with Crippen LogP contribution < -0.4 is 0 Å². The van der Waals surface area contributed by atoms with Gasteiger partial charge in [0.1, 0.15) is 13.2 Å². The van der Waals surface area contributed by atoms with Gasteiger partial charge in [-0.05, 0) is 83.5 Å². The van der Waals surface area contributed by atoms with E-state index < -0.39 is 6.10 Å². The van der Waals surface area contributed by atoms with Crippen molar-refractivity contribution in [3.8, 4) is 0 Å². The van der Waals surface area contributed by atoms with Crippen LogP contribution in [0.2, 0.25) is 0 Å². The van der Waals surface area contributed by atoms with E-state index in [0.717, 1.165) is 64.2 Å². The van der Waals surface area contributed by atoms with Crippen molar-refractivity contribution < 1.29 is 28.6 Å². The van der Waals surface area contributed by atoms with Crippen LogP contribution in [0.3, 0.4) is 0 Å². The van der Waals surface area contributed by atoms with Gasteiger partial charge in [-0.1, -0.05) is 236 Å². The summed E-state index contributed by atoms with van der Waals surface area (Å²) in [7, 11) is 0. The fraction of sp³-hybridized carbons (Fsp3) is 0.780. The Balaban J connectivity index is 4.45. The number of esters is 3. The lowest BCUT2D eigenvalue weighted by Gasteiger charge is -2.18. The Labute approximate surface area is 402 Å². The van der Waals surface area contributed by atoms with Crippen LogP contribution in [0.4, 0.5) is 0 Å². The molecule has 0 unspecified atom stereocenters. The SMILES string of the molecule is CCCCC/C=C/C/C=C/C/C=C/C/C=C/CCCC(=O)OC[C@@H](COC(=O)CCCCCCCCCCCCCCCCC)OC(=O)CCCCCCCCC/C=C/CCCCCC. The van der Waals surface area contributed by atoms with E-state index in [2.05, 4.69) is 81.5 Å². The van der Waals surface area contributed by atoms with E-state index >= 15 is 0 Å². The second-order valence-electron chi connectivity index (χ2n) is 18.5. The average Bonchev–Trinajstić information content (AvgIpc) is 3.30. The molecule has 0 spiro atoms. The van der Waals surface area contributed by atoms with Crippen LogP contribution in [0.5, 0.6) is 0 Å². The molecule has 0 fully saturated rings.